The molecule has 0 N–H and O–H groups in total. The monoisotopic (exact) mass is 625 g/mol. The van der Waals surface area contributed by atoms with Crippen molar-refractivity contribution in [1.29, 1.82) is 5.26 Å². The smallest absolute Gasteiger partial charge is 0.338 e. The molecule has 12 heteroatoms. The van der Waals surface area contributed by atoms with Gasteiger partial charge in [0.1, 0.15) is 11.1 Å². The van der Waals surface area contributed by atoms with Crippen LogP contribution in [0.4, 0.5) is 5.69 Å². The van der Waals surface area contributed by atoms with Crippen molar-refractivity contribution >= 4 is 52.6 Å². The maximum atomic E-state index is 13.4. The Bertz CT molecular complexity index is 1860. The van der Waals surface area contributed by atoms with Crippen LogP contribution in [0.3, 0.4) is 0 Å². The number of amides is 2. The number of ether oxygens (including phenoxy) is 3. The molecule has 44 heavy (non-hydrogen) atoms. The Hall–Kier alpha value is -5.18. The van der Waals surface area contributed by atoms with Crippen LogP contribution >= 0.6 is 23.4 Å². The molecule has 0 saturated carbocycles. The first-order chi connectivity index (χ1) is 21.3. The number of benzene rings is 3. The number of ketones is 1. The molecule has 3 aromatic carbocycles. The number of pyridine rings is 1. The van der Waals surface area contributed by atoms with Crippen molar-refractivity contribution < 1.29 is 33.4 Å². The average Bonchev–Trinajstić information content (AvgIpc) is 3.62. The number of carbonyl (C=O) groups excluding carboxylic acids is 4. The molecule has 0 radical (unpaired) electrons. The van der Waals surface area contributed by atoms with Gasteiger partial charge in [-0.15, -0.1) is 0 Å². The number of halogens is 1. The summed E-state index contributed by atoms with van der Waals surface area (Å²) in [6.07, 6.45) is -0.0963. The molecule has 0 bridgehead atoms. The highest BCUT2D eigenvalue weighted by atomic mass is 35.5. The van der Waals surface area contributed by atoms with Crippen LogP contribution in [-0.4, -0.2) is 47.2 Å². The first-order valence-corrected chi connectivity index (χ1v) is 14.5. The first kappa shape index (κ1) is 28.9. The minimum Gasteiger partial charge on any atom is -0.454 e. The van der Waals surface area contributed by atoms with Gasteiger partial charge in [-0.3, -0.25) is 14.4 Å². The van der Waals surface area contributed by atoms with Gasteiger partial charge in [-0.2, -0.15) is 5.26 Å². The summed E-state index contributed by atoms with van der Waals surface area (Å²) in [6, 6.07) is 22.7. The number of Topliss-reactive ketones (excluding diaryl/α,β-unsaturated/α-hetero) is 1. The largest absolute Gasteiger partial charge is 0.454 e. The van der Waals surface area contributed by atoms with E-state index in [-0.39, 0.29) is 35.8 Å². The standard InChI is InChI=1S/C32H20ClN3O7S/c33-22-7-1-18(2-8-22)25(37)16-41-32(40)19-3-9-23(10-4-19)36-29(38)14-28(31(36)39)44-30-21(15-34)5-11-24(35-30)20-6-12-26-27(13-20)43-17-42-26/h1-13,28H,14,16-17H2. The van der Waals surface area contributed by atoms with E-state index in [4.69, 9.17) is 25.8 Å². The SMILES string of the molecule is N#Cc1ccc(-c2ccc3c(c2)OCO3)nc1SC1CC(=O)N(c2ccc(C(=O)OCC(=O)c3ccc(Cl)cc3)cc2)C1=O. The van der Waals surface area contributed by atoms with Crippen LogP contribution in [0.2, 0.25) is 5.02 Å². The van der Waals surface area contributed by atoms with Gasteiger partial charge in [0.15, 0.2) is 23.9 Å². The summed E-state index contributed by atoms with van der Waals surface area (Å²) in [6.45, 7) is -0.327. The van der Waals surface area contributed by atoms with E-state index < -0.39 is 29.6 Å². The molecule has 1 unspecified atom stereocenters. The second-order valence-electron chi connectivity index (χ2n) is 9.66. The Balaban J connectivity index is 1.13. The Kier molecular flexibility index (Phi) is 8.02. The first-order valence-electron chi connectivity index (χ1n) is 13.2. The number of hydrogen-bond donors (Lipinski definition) is 0. The molecule has 1 saturated heterocycles. The second-order valence-corrected chi connectivity index (χ2v) is 11.3. The van der Waals surface area contributed by atoms with E-state index in [0.29, 0.717) is 32.8 Å². The molecule has 4 aromatic rings. The maximum Gasteiger partial charge on any atom is 0.338 e. The number of esters is 1. The van der Waals surface area contributed by atoms with Crippen molar-refractivity contribution in [2.45, 2.75) is 16.7 Å². The van der Waals surface area contributed by atoms with E-state index in [9.17, 15) is 24.4 Å². The summed E-state index contributed by atoms with van der Waals surface area (Å²) in [7, 11) is 0. The van der Waals surface area contributed by atoms with Crippen LogP contribution in [0.25, 0.3) is 11.3 Å². The number of anilines is 1. The Morgan fingerprint density at radius 2 is 1.70 bits per heavy atom. The fraction of sp³-hybridized carbons (Fsp3) is 0.125. The lowest BCUT2D eigenvalue weighted by atomic mass is 10.1. The predicted molar refractivity (Wildman–Crippen MR) is 160 cm³/mol. The van der Waals surface area contributed by atoms with Crippen molar-refractivity contribution in [3.8, 4) is 28.8 Å². The van der Waals surface area contributed by atoms with Crippen molar-refractivity contribution in [2.75, 3.05) is 18.3 Å². The lowest BCUT2D eigenvalue weighted by Crippen LogP contribution is -2.31. The topological polar surface area (TPSA) is 136 Å². The van der Waals surface area contributed by atoms with Crippen LogP contribution in [-0.2, 0) is 14.3 Å². The van der Waals surface area contributed by atoms with Crippen LogP contribution in [0.1, 0.15) is 32.7 Å². The fourth-order valence-corrected chi connectivity index (χ4v) is 5.83. The van der Waals surface area contributed by atoms with Crippen LogP contribution in [0.5, 0.6) is 11.5 Å². The normalized spacial score (nSPS) is 15.3. The van der Waals surface area contributed by atoms with Gasteiger partial charge in [-0.25, -0.2) is 14.7 Å². The van der Waals surface area contributed by atoms with Gasteiger partial charge >= 0.3 is 5.97 Å². The molecular formula is C32H20ClN3O7S. The third-order valence-electron chi connectivity index (χ3n) is 6.87. The van der Waals surface area contributed by atoms with Crippen molar-refractivity contribution in [1.82, 2.24) is 4.98 Å². The number of nitrogens with zero attached hydrogens (tertiary/aromatic N) is 3. The molecule has 1 aromatic heterocycles. The zero-order chi connectivity index (χ0) is 30.8. The van der Waals surface area contributed by atoms with Crippen LogP contribution in [0, 0.1) is 11.3 Å². The van der Waals surface area contributed by atoms with Gasteiger partial charge in [0.2, 0.25) is 18.6 Å². The highest BCUT2D eigenvalue weighted by Crippen LogP contribution is 2.38. The molecule has 0 aliphatic carbocycles. The number of imide groups is 1. The molecular weight excluding hydrogens is 606 g/mol. The number of fused-ring (bicyclic) bond motifs is 1. The number of thioether (sulfide) groups is 1. The highest BCUT2D eigenvalue weighted by molar-refractivity contribution is 8.00. The Morgan fingerprint density at radius 3 is 2.45 bits per heavy atom. The van der Waals surface area contributed by atoms with Crippen LogP contribution < -0.4 is 14.4 Å². The molecule has 1 atom stereocenters. The molecule has 2 aliphatic rings. The minimum absolute atomic E-state index is 0.0963. The van der Waals surface area contributed by atoms with Gasteiger partial charge in [-0.1, -0.05) is 23.4 Å². The molecule has 10 nitrogen and oxygen atoms in total. The summed E-state index contributed by atoms with van der Waals surface area (Å²) < 4.78 is 15.9. The van der Waals surface area contributed by atoms with Gasteiger partial charge < -0.3 is 14.2 Å². The van der Waals surface area contributed by atoms with Gasteiger partial charge in [0.25, 0.3) is 0 Å². The van der Waals surface area contributed by atoms with Gasteiger partial charge in [-0.05, 0) is 78.9 Å². The van der Waals surface area contributed by atoms with Crippen molar-refractivity contribution in [2.24, 2.45) is 0 Å². The predicted octanol–water partition coefficient (Wildman–Crippen LogP) is 5.47. The van der Waals surface area contributed by atoms with Crippen molar-refractivity contribution in [3.63, 3.8) is 0 Å². The van der Waals surface area contributed by atoms with E-state index in [0.717, 1.165) is 22.2 Å². The maximum absolute atomic E-state index is 13.4. The number of nitriles is 1. The average molecular weight is 626 g/mol. The molecule has 2 amide bonds. The summed E-state index contributed by atoms with van der Waals surface area (Å²) in [5.41, 5.74) is 2.36. The molecule has 1 fully saturated rings. The summed E-state index contributed by atoms with van der Waals surface area (Å²) >= 11 is 6.88. The van der Waals surface area contributed by atoms with E-state index in [1.165, 1.54) is 36.4 Å². The Morgan fingerprint density at radius 1 is 0.977 bits per heavy atom. The van der Waals surface area contributed by atoms with E-state index in [1.807, 2.05) is 6.07 Å². The van der Waals surface area contributed by atoms with Crippen LogP contribution in [0.15, 0.2) is 83.9 Å². The molecule has 6 rings (SSSR count). The number of hydrogen-bond acceptors (Lipinski definition) is 10. The lowest BCUT2D eigenvalue weighted by Gasteiger charge is -2.15. The van der Waals surface area contributed by atoms with E-state index in [2.05, 4.69) is 11.1 Å². The van der Waals surface area contributed by atoms with E-state index in [1.54, 1.807) is 36.4 Å². The summed E-state index contributed by atoms with van der Waals surface area (Å²) in [5.74, 6) is -0.810. The van der Waals surface area contributed by atoms with Gasteiger partial charge in [0.05, 0.1) is 27.8 Å². The fourth-order valence-electron chi connectivity index (χ4n) is 4.61. The third kappa shape index (κ3) is 5.86. The molecule has 0 spiro atoms. The second kappa shape index (κ2) is 12.2. The summed E-state index contributed by atoms with van der Waals surface area (Å²) in [5, 5.41) is 9.67. The Labute approximate surface area is 260 Å². The number of rotatable bonds is 8. The molecule has 2 aliphatic heterocycles. The minimum atomic E-state index is -0.808. The highest BCUT2D eigenvalue weighted by Gasteiger charge is 2.41. The van der Waals surface area contributed by atoms with E-state index >= 15 is 0 Å². The van der Waals surface area contributed by atoms with Crippen molar-refractivity contribution in [3.05, 3.63) is 101 Å². The quantitative estimate of drug-likeness (QED) is 0.141. The number of carbonyl (C=O) groups is 4. The number of aromatic nitrogens is 1. The zero-order valence-electron chi connectivity index (χ0n) is 22.7. The van der Waals surface area contributed by atoms with Gasteiger partial charge in [0, 0.05) is 22.6 Å². The molecule has 3 heterocycles. The zero-order valence-corrected chi connectivity index (χ0v) is 24.3. The molecule has 218 valence electrons. The lowest BCUT2D eigenvalue weighted by molar-refractivity contribution is -0.121. The third-order valence-corrected chi connectivity index (χ3v) is 8.31. The summed E-state index contributed by atoms with van der Waals surface area (Å²) in [4.78, 5) is 56.8.